The van der Waals surface area contributed by atoms with Crippen LogP contribution in [0.4, 0.5) is 22.0 Å². The van der Waals surface area contributed by atoms with E-state index in [0.29, 0.717) is 19.3 Å². The van der Waals surface area contributed by atoms with Crippen LogP contribution in [0.1, 0.15) is 58.8 Å². The molecule has 0 heterocycles. The van der Waals surface area contributed by atoms with E-state index in [2.05, 4.69) is 4.74 Å². The topological polar surface area (TPSA) is 107 Å². The van der Waals surface area contributed by atoms with Gasteiger partial charge in [-0.1, -0.05) is 13.8 Å². The molecule has 0 radical (unpaired) electrons. The molecule has 4 aliphatic rings. The average molecular weight is 506 g/mol. The van der Waals surface area contributed by atoms with Crippen LogP contribution in [0.3, 0.4) is 0 Å². The summed E-state index contributed by atoms with van der Waals surface area (Å²) in [5.74, 6) is -8.00. The molecule has 4 fully saturated rings. The molecule has 7 nitrogen and oxygen atoms in total. The molecule has 0 spiro atoms. The maximum atomic E-state index is 14.2. The Morgan fingerprint density at radius 3 is 1.82 bits per heavy atom. The number of Topliss-reactive ketones (excluding diaryl/α,β-unsaturated/α-hetero) is 1. The van der Waals surface area contributed by atoms with E-state index in [9.17, 15) is 40.0 Å². The lowest BCUT2D eigenvalue weighted by Gasteiger charge is -2.55. The summed E-state index contributed by atoms with van der Waals surface area (Å²) in [6.45, 7) is 0.563. The van der Waals surface area contributed by atoms with Crippen molar-refractivity contribution in [3.8, 4) is 0 Å². The molecule has 4 saturated carbocycles. The number of rotatable bonds is 9. The number of hydrogen-bond acceptors (Lipinski definition) is 6. The Morgan fingerprint density at radius 1 is 1.00 bits per heavy atom. The van der Waals surface area contributed by atoms with Crippen molar-refractivity contribution in [2.24, 2.45) is 29.1 Å². The lowest BCUT2D eigenvalue weighted by molar-refractivity contribution is -0.353. The van der Waals surface area contributed by atoms with Gasteiger partial charge >= 0.3 is 33.3 Å². The van der Waals surface area contributed by atoms with Crippen molar-refractivity contribution in [3.63, 3.8) is 0 Å². The minimum absolute atomic E-state index is 0.166. The van der Waals surface area contributed by atoms with Gasteiger partial charge in [-0.3, -0.25) is 14.1 Å². The lowest BCUT2D eigenvalue weighted by Crippen LogP contribution is -2.61. The van der Waals surface area contributed by atoms with Crippen LogP contribution in [-0.4, -0.2) is 48.5 Å². The van der Waals surface area contributed by atoms with Gasteiger partial charge in [0.25, 0.3) is 0 Å². The minimum Gasteiger partial charge on any atom is -0.416 e. The van der Waals surface area contributed by atoms with Crippen molar-refractivity contribution >= 4 is 21.9 Å². The first-order valence-corrected chi connectivity index (χ1v) is 12.2. The lowest BCUT2D eigenvalue weighted by atomic mass is 9.49. The van der Waals surface area contributed by atoms with Gasteiger partial charge in [0.1, 0.15) is 0 Å². The van der Waals surface area contributed by atoms with Crippen molar-refractivity contribution in [3.05, 3.63) is 0 Å². The van der Waals surface area contributed by atoms with Gasteiger partial charge in [-0.2, -0.15) is 30.4 Å². The number of ether oxygens (including phenoxy) is 2. The predicted molar refractivity (Wildman–Crippen MR) is 102 cm³/mol. The first-order valence-electron chi connectivity index (χ1n) is 10.8. The Labute approximate surface area is 188 Å². The molecule has 1 N–H and O–H groups in total. The maximum absolute atomic E-state index is 14.2. The highest BCUT2D eigenvalue weighted by atomic mass is 32.2. The average Bonchev–Trinajstić information content (AvgIpc) is 2.63. The molecule has 190 valence electrons. The Morgan fingerprint density at radius 2 is 1.45 bits per heavy atom. The highest BCUT2D eigenvalue weighted by Gasteiger charge is 2.68. The van der Waals surface area contributed by atoms with E-state index < -0.39 is 63.4 Å². The second-order valence-corrected chi connectivity index (χ2v) is 11.5. The number of esters is 1. The van der Waals surface area contributed by atoms with Gasteiger partial charge in [-0.25, -0.2) is 0 Å². The van der Waals surface area contributed by atoms with Crippen LogP contribution in [0.5, 0.6) is 0 Å². The molecular weight excluding hydrogens is 479 g/mol. The van der Waals surface area contributed by atoms with E-state index in [1.54, 1.807) is 0 Å². The monoisotopic (exact) mass is 506 g/mol. The third-order valence-corrected chi connectivity index (χ3v) is 7.96. The zero-order valence-electron chi connectivity index (χ0n) is 18.2. The summed E-state index contributed by atoms with van der Waals surface area (Å²) < 4.78 is 109. The van der Waals surface area contributed by atoms with Gasteiger partial charge in [-0.15, -0.1) is 0 Å². The molecule has 33 heavy (non-hydrogen) atoms. The van der Waals surface area contributed by atoms with Crippen LogP contribution in [0.25, 0.3) is 0 Å². The largest absolute Gasteiger partial charge is 0.463 e. The summed E-state index contributed by atoms with van der Waals surface area (Å²) in [6, 6.07) is 0. The van der Waals surface area contributed by atoms with Gasteiger partial charge in [-0.05, 0) is 56.3 Å². The first kappa shape index (κ1) is 26.3. The molecule has 0 aromatic rings. The van der Waals surface area contributed by atoms with Gasteiger partial charge < -0.3 is 9.47 Å². The van der Waals surface area contributed by atoms with Crippen LogP contribution in [0, 0.1) is 29.1 Å². The molecule has 1 atom stereocenters. The van der Waals surface area contributed by atoms with Crippen molar-refractivity contribution in [2.75, 3.05) is 6.61 Å². The summed E-state index contributed by atoms with van der Waals surface area (Å²) in [5, 5.41) is -4.82. The number of hydrogen-bond donors (Lipinski definition) is 1. The summed E-state index contributed by atoms with van der Waals surface area (Å²) in [5.41, 5.74) is -1.20. The van der Waals surface area contributed by atoms with E-state index in [0.717, 1.165) is 33.1 Å². The number of halogens is 5. The van der Waals surface area contributed by atoms with Crippen LogP contribution >= 0.6 is 0 Å². The van der Waals surface area contributed by atoms with Crippen molar-refractivity contribution in [1.82, 2.24) is 0 Å². The summed E-state index contributed by atoms with van der Waals surface area (Å²) in [4.78, 5) is 25.8. The highest BCUT2D eigenvalue weighted by Crippen LogP contribution is 2.61. The molecule has 0 aliphatic heterocycles. The summed E-state index contributed by atoms with van der Waals surface area (Å²) in [7, 11) is -5.93. The van der Waals surface area contributed by atoms with Crippen molar-refractivity contribution in [1.29, 1.82) is 0 Å². The van der Waals surface area contributed by atoms with E-state index in [1.165, 1.54) is 0 Å². The van der Waals surface area contributed by atoms with Gasteiger partial charge in [0, 0.05) is 5.92 Å². The van der Waals surface area contributed by atoms with Crippen LogP contribution in [0.15, 0.2) is 0 Å². The molecule has 0 aromatic heterocycles. The number of carbonyl (C=O) groups is 2. The molecule has 4 rings (SSSR count). The number of carbonyl (C=O) groups excluding carboxylic acids is 2. The number of ketones is 1. The maximum Gasteiger partial charge on any atom is 0.463 e. The first-order chi connectivity index (χ1) is 14.9. The second kappa shape index (κ2) is 8.40. The molecule has 0 saturated heterocycles. The molecule has 0 amide bonds. The standard InChI is InChI=1S/C20H27F5O7S/c1-11(2)15(26)19(20(23,24)25,31-4-3-18(21,22)33(28,29)30)32-16(27)17-8-12-5-13(9-17)7-14(6-12)10-17/h11-14H,3-10H2,1-2H3,(H,28,29,30). The fourth-order valence-electron chi connectivity index (χ4n) is 5.85. The van der Waals surface area contributed by atoms with Gasteiger partial charge in [0.15, 0.2) is 0 Å². The van der Waals surface area contributed by atoms with Crippen LogP contribution in [0.2, 0.25) is 0 Å². The predicted octanol–water partition coefficient (Wildman–Crippen LogP) is 4.12. The van der Waals surface area contributed by atoms with Crippen LogP contribution < -0.4 is 0 Å². The fraction of sp³-hybridized carbons (Fsp3) is 0.900. The third-order valence-electron chi connectivity index (χ3n) is 7.01. The minimum atomic E-state index is -5.93. The van der Waals surface area contributed by atoms with E-state index in [1.807, 2.05) is 0 Å². The van der Waals surface area contributed by atoms with E-state index in [-0.39, 0.29) is 17.8 Å². The molecule has 0 aromatic carbocycles. The Kier molecular flexibility index (Phi) is 6.69. The smallest absolute Gasteiger partial charge is 0.416 e. The van der Waals surface area contributed by atoms with Gasteiger partial charge in [0.05, 0.1) is 18.4 Å². The Balaban J connectivity index is 1.90. The van der Waals surface area contributed by atoms with E-state index in [4.69, 9.17) is 9.29 Å². The molecule has 4 aliphatic carbocycles. The second-order valence-electron chi connectivity index (χ2n) is 9.93. The summed E-state index contributed by atoms with van der Waals surface area (Å²) in [6.07, 6.45) is -3.91. The molecule has 1 unspecified atom stereocenters. The van der Waals surface area contributed by atoms with Crippen molar-refractivity contribution in [2.45, 2.75) is 76.0 Å². The molecule has 13 heteroatoms. The van der Waals surface area contributed by atoms with Crippen molar-refractivity contribution < 1.29 is 54.0 Å². The zero-order valence-corrected chi connectivity index (χ0v) is 19.0. The summed E-state index contributed by atoms with van der Waals surface area (Å²) >= 11 is 0. The SMILES string of the molecule is CC(C)C(=O)C(OCCC(F)(F)S(=O)(=O)O)(OC(=O)C12CC3CC(CC(C3)C1)C2)C(F)(F)F. The number of alkyl halides is 5. The Hall–Kier alpha value is -1.34. The normalized spacial score (nSPS) is 31.5. The Bertz CT molecular complexity index is 864. The van der Waals surface area contributed by atoms with Gasteiger partial charge in [0.2, 0.25) is 5.78 Å². The third kappa shape index (κ3) is 4.77. The quantitative estimate of drug-likeness (QED) is 0.217. The highest BCUT2D eigenvalue weighted by molar-refractivity contribution is 7.86. The molecule has 4 bridgehead atoms. The van der Waals surface area contributed by atoms with Crippen LogP contribution in [-0.2, 0) is 29.2 Å². The zero-order chi connectivity index (χ0) is 25.0. The molecular formula is C20H27F5O7S. The fourth-order valence-corrected chi connectivity index (χ4v) is 6.19. The van der Waals surface area contributed by atoms with E-state index >= 15 is 0 Å².